The van der Waals surface area contributed by atoms with Crippen molar-refractivity contribution in [1.29, 1.82) is 0 Å². The maximum absolute atomic E-state index is 6.00. The van der Waals surface area contributed by atoms with Gasteiger partial charge < -0.3 is 10.6 Å². The Morgan fingerprint density at radius 2 is 1.70 bits per heavy atom. The summed E-state index contributed by atoms with van der Waals surface area (Å²) in [6, 6.07) is 12.7. The zero-order valence-corrected chi connectivity index (χ0v) is 12.5. The predicted molar refractivity (Wildman–Crippen MR) is 85.3 cm³/mol. The first-order valence-corrected chi connectivity index (χ1v) is 7.21. The van der Waals surface area contributed by atoms with Gasteiger partial charge in [-0.25, -0.2) is 0 Å². The molecule has 1 aromatic heterocycles. The average Bonchev–Trinajstić information content (AvgIpc) is 2.50. The Balaban J connectivity index is 2.25. The number of aryl methyl sites for hydroxylation is 1. The number of nitrogens with zero attached hydrogens (tertiary/aromatic N) is 2. The molecule has 3 nitrogen and oxygen atoms in total. The number of pyridine rings is 1. The Morgan fingerprint density at radius 3 is 2.20 bits per heavy atom. The molecule has 0 aliphatic heterocycles. The number of aromatic nitrogens is 1. The molecule has 1 atom stereocenters. The maximum Gasteiger partial charge on any atom is 0.0597 e. The molecule has 0 spiro atoms. The second kappa shape index (κ2) is 6.53. The zero-order valence-electron chi connectivity index (χ0n) is 12.5. The van der Waals surface area contributed by atoms with Gasteiger partial charge >= 0.3 is 0 Å². The Labute approximate surface area is 121 Å². The number of anilines is 2. The first kappa shape index (κ1) is 14.5. The van der Waals surface area contributed by atoms with Crippen molar-refractivity contribution in [3.05, 3.63) is 53.9 Å². The van der Waals surface area contributed by atoms with Gasteiger partial charge in [-0.05, 0) is 44.5 Å². The number of nitrogens with two attached hydrogens (primary N) is 1. The number of hydrogen-bond donors (Lipinski definition) is 1. The van der Waals surface area contributed by atoms with Gasteiger partial charge in [0.2, 0.25) is 0 Å². The lowest BCUT2D eigenvalue weighted by Crippen LogP contribution is -2.17. The summed E-state index contributed by atoms with van der Waals surface area (Å²) >= 11 is 0. The van der Waals surface area contributed by atoms with Gasteiger partial charge in [-0.2, -0.15) is 0 Å². The molecular formula is C17H23N3. The number of rotatable bonds is 5. The van der Waals surface area contributed by atoms with Crippen LogP contribution in [0.25, 0.3) is 0 Å². The van der Waals surface area contributed by atoms with Crippen molar-refractivity contribution >= 4 is 11.4 Å². The van der Waals surface area contributed by atoms with Crippen LogP contribution in [0.2, 0.25) is 0 Å². The first-order valence-electron chi connectivity index (χ1n) is 7.21. The molecule has 0 unspecified atom stereocenters. The molecule has 0 amide bonds. The summed E-state index contributed by atoms with van der Waals surface area (Å²) in [6.45, 7) is 7.23. The van der Waals surface area contributed by atoms with E-state index in [4.69, 9.17) is 5.73 Å². The minimum atomic E-state index is 0.0264. The van der Waals surface area contributed by atoms with E-state index in [2.05, 4.69) is 61.0 Å². The van der Waals surface area contributed by atoms with Crippen LogP contribution in [0.3, 0.4) is 0 Å². The highest BCUT2D eigenvalue weighted by molar-refractivity contribution is 5.62. The fourth-order valence-electron chi connectivity index (χ4n) is 2.22. The van der Waals surface area contributed by atoms with E-state index in [-0.39, 0.29) is 6.04 Å². The second-order valence-electron chi connectivity index (χ2n) is 5.04. The minimum absolute atomic E-state index is 0.0264. The summed E-state index contributed by atoms with van der Waals surface area (Å²) in [4.78, 5) is 6.74. The van der Waals surface area contributed by atoms with Crippen molar-refractivity contribution in [1.82, 2.24) is 4.98 Å². The molecule has 2 N–H and O–H groups in total. The molecule has 0 fully saturated rings. The quantitative estimate of drug-likeness (QED) is 0.893. The predicted octanol–water partition coefficient (Wildman–Crippen LogP) is 3.96. The Morgan fingerprint density at radius 1 is 1.05 bits per heavy atom. The molecule has 106 valence electrons. The van der Waals surface area contributed by atoms with Crippen molar-refractivity contribution in [2.45, 2.75) is 33.2 Å². The molecule has 2 aromatic rings. The third kappa shape index (κ3) is 3.17. The molecule has 0 aliphatic rings. The van der Waals surface area contributed by atoms with Crippen molar-refractivity contribution in [2.75, 3.05) is 11.4 Å². The summed E-state index contributed by atoms with van der Waals surface area (Å²) in [5.41, 5.74) is 10.5. The highest BCUT2D eigenvalue weighted by Gasteiger charge is 2.09. The average molecular weight is 269 g/mol. The van der Waals surface area contributed by atoms with Gasteiger partial charge in [-0.15, -0.1) is 0 Å². The monoisotopic (exact) mass is 269 g/mol. The van der Waals surface area contributed by atoms with Crippen LogP contribution in [0.1, 0.15) is 37.6 Å². The molecule has 2 rings (SSSR count). The lowest BCUT2D eigenvalue weighted by Gasteiger charge is -2.23. The highest BCUT2D eigenvalue weighted by Crippen LogP contribution is 2.25. The summed E-state index contributed by atoms with van der Waals surface area (Å²) in [6.07, 6.45) is 2.82. The summed E-state index contributed by atoms with van der Waals surface area (Å²) in [7, 11) is 0. The summed E-state index contributed by atoms with van der Waals surface area (Å²) in [5.74, 6) is 0. The molecule has 0 bridgehead atoms. The maximum atomic E-state index is 6.00. The zero-order chi connectivity index (χ0) is 14.5. The van der Waals surface area contributed by atoms with Crippen LogP contribution in [0, 0.1) is 6.92 Å². The van der Waals surface area contributed by atoms with Crippen LogP contribution in [0.15, 0.2) is 42.6 Å². The van der Waals surface area contributed by atoms with Crippen LogP contribution < -0.4 is 10.6 Å². The van der Waals surface area contributed by atoms with E-state index >= 15 is 0 Å². The normalized spacial score (nSPS) is 12.2. The smallest absolute Gasteiger partial charge is 0.0597 e. The fraction of sp³-hybridized carbons (Fsp3) is 0.353. The molecule has 0 saturated carbocycles. The highest BCUT2D eigenvalue weighted by atomic mass is 15.1. The van der Waals surface area contributed by atoms with E-state index in [1.807, 2.05) is 12.3 Å². The molecule has 0 aliphatic carbocycles. The molecule has 20 heavy (non-hydrogen) atoms. The topological polar surface area (TPSA) is 42.1 Å². The van der Waals surface area contributed by atoms with Crippen molar-refractivity contribution < 1.29 is 0 Å². The van der Waals surface area contributed by atoms with Crippen LogP contribution in [0.5, 0.6) is 0 Å². The Hall–Kier alpha value is -1.87. The Bertz CT molecular complexity index is 531. The third-order valence-corrected chi connectivity index (χ3v) is 3.56. The third-order valence-electron chi connectivity index (χ3n) is 3.56. The molecule has 1 heterocycles. The van der Waals surface area contributed by atoms with E-state index < -0.39 is 0 Å². The lowest BCUT2D eigenvalue weighted by molar-refractivity contribution is 0.675. The van der Waals surface area contributed by atoms with Crippen molar-refractivity contribution in [3.8, 4) is 0 Å². The van der Waals surface area contributed by atoms with Gasteiger partial charge in [0.1, 0.15) is 0 Å². The van der Waals surface area contributed by atoms with Gasteiger partial charge in [0.05, 0.1) is 17.6 Å². The van der Waals surface area contributed by atoms with Gasteiger partial charge in [0.15, 0.2) is 0 Å². The van der Waals surface area contributed by atoms with Gasteiger partial charge in [-0.1, -0.05) is 24.6 Å². The van der Waals surface area contributed by atoms with E-state index in [1.165, 1.54) is 11.3 Å². The first-order chi connectivity index (χ1) is 9.65. The molecule has 1 aromatic carbocycles. The van der Waals surface area contributed by atoms with E-state index in [1.54, 1.807) is 0 Å². The van der Waals surface area contributed by atoms with Gasteiger partial charge in [0, 0.05) is 18.3 Å². The minimum Gasteiger partial charge on any atom is -0.341 e. The van der Waals surface area contributed by atoms with Crippen molar-refractivity contribution in [3.63, 3.8) is 0 Å². The Kier molecular flexibility index (Phi) is 4.74. The van der Waals surface area contributed by atoms with Crippen LogP contribution in [0.4, 0.5) is 11.4 Å². The number of hydrogen-bond acceptors (Lipinski definition) is 3. The molecule has 0 saturated heterocycles. The van der Waals surface area contributed by atoms with Gasteiger partial charge in [-0.3, -0.25) is 4.98 Å². The van der Waals surface area contributed by atoms with Gasteiger partial charge in [0.25, 0.3) is 0 Å². The fourth-order valence-corrected chi connectivity index (χ4v) is 2.22. The summed E-state index contributed by atoms with van der Waals surface area (Å²) in [5, 5.41) is 0. The largest absolute Gasteiger partial charge is 0.341 e. The SMILES string of the molecule is CC[C@@H](N)c1ccc(N(CC)c2ccc(C)cc2)cn1. The standard InChI is InChI=1S/C17H23N3/c1-4-16(18)17-11-10-15(12-19-17)20(5-2)14-8-6-13(3)7-9-14/h6-12,16H,4-5,18H2,1-3H3/t16-/m1/s1. The molecule has 3 heteroatoms. The lowest BCUT2D eigenvalue weighted by atomic mass is 10.1. The van der Waals surface area contributed by atoms with E-state index in [9.17, 15) is 0 Å². The van der Waals surface area contributed by atoms with E-state index in [0.717, 1.165) is 24.3 Å². The summed E-state index contributed by atoms with van der Waals surface area (Å²) < 4.78 is 0. The molecular weight excluding hydrogens is 246 g/mol. The van der Waals surface area contributed by atoms with E-state index in [0.29, 0.717) is 0 Å². The van der Waals surface area contributed by atoms with Crippen LogP contribution >= 0.6 is 0 Å². The molecule has 0 radical (unpaired) electrons. The van der Waals surface area contributed by atoms with Crippen LogP contribution in [-0.4, -0.2) is 11.5 Å². The van der Waals surface area contributed by atoms with Crippen LogP contribution in [-0.2, 0) is 0 Å². The number of benzene rings is 1. The van der Waals surface area contributed by atoms with Crippen molar-refractivity contribution in [2.24, 2.45) is 5.73 Å². The second-order valence-corrected chi connectivity index (χ2v) is 5.04.